The van der Waals surface area contributed by atoms with Gasteiger partial charge in [0.05, 0.1) is 18.5 Å². The smallest absolute Gasteiger partial charge is 0.305 e. The molecule has 1 heterocycles. The average Bonchev–Trinajstić information content (AvgIpc) is 3.25. The van der Waals surface area contributed by atoms with Crippen molar-refractivity contribution in [3.8, 4) is 0 Å². The lowest BCUT2D eigenvalue weighted by Gasteiger charge is -2.17. The Bertz CT molecular complexity index is 768. The Hall–Kier alpha value is -2.15. The van der Waals surface area contributed by atoms with E-state index in [4.69, 9.17) is 5.11 Å². The van der Waals surface area contributed by atoms with E-state index < -0.39 is 12.0 Å². The molecule has 2 N–H and O–H groups in total. The number of aliphatic carboxylic acids is 1. The molecule has 1 amide bonds. The lowest BCUT2D eigenvalue weighted by Crippen LogP contribution is -2.30. The highest BCUT2D eigenvalue weighted by atomic mass is 79.9. The van der Waals surface area contributed by atoms with Crippen LogP contribution >= 0.6 is 15.9 Å². The third-order valence-electron chi connectivity index (χ3n) is 4.47. The van der Waals surface area contributed by atoms with Crippen LogP contribution in [0.5, 0.6) is 0 Å². The molecule has 0 aliphatic heterocycles. The van der Waals surface area contributed by atoms with Gasteiger partial charge in [0, 0.05) is 10.7 Å². The summed E-state index contributed by atoms with van der Waals surface area (Å²) >= 11 is 3.37. The first-order chi connectivity index (χ1) is 12.0. The van der Waals surface area contributed by atoms with Gasteiger partial charge in [-0.1, -0.05) is 40.9 Å². The first kappa shape index (κ1) is 17.7. The van der Waals surface area contributed by atoms with Crippen molar-refractivity contribution in [2.75, 3.05) is 0 Å². The molecule has 3 rings (SSSR count). The molecule has 0 saturated heterocycles. The maximum Gasteiger partial charge on any atom is 0.305 e. The lowest BCUT2D eigenvalue weighted by atomic mass is 10.0. The van der Waals surface area contributed by atoms with Crippen molar-refractivity contribution in [2.45, 2.75) is 44.2 Å². The van der Waals surface area contributed by atoms with E-state index in [1.807, 2.05) is 29.1 Å². The summed E-state index contributed by atoms with van der Waals surface area (Å²) in [6, 6.07) is 8.72. The molecule has 1 fully saturated rings. The van der Waals surface area contributed by atoms with Crippen molar-refractivity contribution in [3.63, 3.8) is 0 Å². The minimum absolute atomic E-state index is 0.189. The number of carbonyl (C=O) groups excluding carboxylic acids is 1. The highest BCUT2D eigenvalue weighted by Crippen LogP contribution is 2.28. The van der Waals surface area contributed by atoms with Crippen LogP contribution in [0.4, 0.5) is 0 Å². The van der Waals surface area contributed by atoms with Crippen LogP contribution in [0.25, 0.3) is 0 Å². The molecular formula is C18H20BrN3O3. The monoisotopic (exact) mass is 405 g/mol. The van der Waals surface area contributed by atoms with Gasteiger partial charge in [-0.2, -0.15) is 5.10 Å². The Labute approximate surface area is 154 Å². The number of nitrogens with zero attached hydrogens (tertiary/aromatic N) is 2. The fourth-order valence-electron chi connectivity index (χ4n) is 3.21. The molecule has 0 unspecified atom stereocenters. The number of aromatic nitrogens is 2. The van der Waals surface area contributed by atoms with Crippen molar-refractivity contribution >= 4 is 27.8 Å². The number of carbonyl (C=O) groups is 2. The fourth-order valence-corrected chi connectivity index (χ4v) is 3.63. The zero-order valence-electron chi connectivity index (χ0n) is 13.7. The molecule has 132 valence electrons. The van der Waals surface area contributed by atoms with Crippen LogP contribution in [-0.2, 0) is 4.79 Å². The van der Waals surface area contributed by atoms with E-state index in [2.05, 4.69) is 26.3 Å². The normalized spacial score (nSPS) is 15.9. The van der Waals surface area contributed by atoms with Gasteiger partial charge in [-0.15, -0.1) is 0 Å². The molecule has 25 heavy (non-hydrogen) atoms. The molecule has 0 spiro atoms. The third kappa shape index (κ3) is 4.48. The van der Waals surface area contributed by atoms with Gasteiger partial charge in [-0.3, -0.25) is 14.3 Å². The van der Waals surface area contributed by atoms with Gasteiger partial charge in [0.15, 0.2) is 0 Å². The molecule has 0 bridgehead atoms. The number of carboxylic acids is 1. The van der Waals surface area contributed by atoms with Gasteiger partial charge in [0.1, 0.15) is 5.69 Å². The van der Waals surface area contributed by atoms with Crippen molar-refractivity contribution in [2.24, 2.45) is 0 Å². The Morgan fingerprint density at radius 2 is 2.08 bits per heavy atom. The van der Waals surface area contributed by atoms with Crippen LogP contribution < -0.4 is 5.32 Å². The fraction of sp³-hybridized carbons (Fsp3) is 0.389. The molecule has 1 aromatic carbocycles. The van der Waals surface area contributed by atoms with Crippen LogP contribution in [0.15, 0.2) is 41.0 Å². The Morgan fingerprint density at radius 1 is 1.32 bits per heavy atom. The number of hydrogen-bond acceptors (Lipinski definition) is 3. The van der Waals surface area contributed by atoms with Crippen molar-refractivity contribution in [1.29, 1.82) is 0 Å². The second-order valence-corrected chi connectivity index (χ2v) is 7.21. The number of amides is 1. The summed E-state index contributed by atoms with van der Waals surface area (Å²) in [7, 11) is 0. The summed E-state index contributed by atoms with van der Waals surface area (Å²) in [5, 5.41) is 16.3. The van der Waals surface area contributed by atoms with Crippen LogP contribution in [0.1, 0.15) is 60.2 Å². The number of nitrogens with one attached hydrogen (secondary N) is 1. The molecule has 1 saturated carbocycles. The first-order valence-electron chi connectivity index (χ1n) is 8.36. The highest BCUT2D eigenvalue weighted by molar-refractivity contribution is 9.10. The van der Waals surface area contributed by atoms with E-state index in [1.165, 1.54) is 12.8 Å². The minimum atomic E-state index is -0.971. The summed E-state index contributed by atoms with van der Waals surface area (Å²) in [6.07, 6.45) is 6.19. The van der Waals surface area contributed by atoms with Crippen molar-refractivity contribution < 1.29 is 14.7 Å². The van der Waals surface area contributed by atoms with E-state index in [-0.39, 0.29) is 12.3 Å². The van der Waals surface area contributed by atoms with Crippen LogP contribution in [0.2, 0.25) is 0 Å². The Morgan fingerprint density at radius 3 is 2.76 bits per heavy atom. The summed E-state index contributed by atoms with van der Waals surface area (Å²) in [6.45, 7) is 0. The van der Waals surface area contributed by atoms with Crippen molar-refractivity contribution in [3.05, 3.63) is 52.3 Å². The molecule has 7 heteroatoms. The zero-order valence-corrected chi connectivity index (χ0v) is 15.3. The predicted molar refractivity (Wildman–Crippen MR) is 96.3 cm³/mol. The van der Waals surface area contributed by atoms with Crippen LogP contribution in [0.3, 0.4) is 0 Å². The van der Waals surface area contributed by atoms with E-state index in [1.54, 1.807) is 12.1 Å². The number of hydrogen-bond donors (Lipinski definition) is 2. The predicted octanol–water partition coefficient (Wildman–Crippen LogP) is 3.71. The van der Waals surface area contributed by atoms with E-state index >= 15 is 0 Å². The maximum atomic E-state index is 12.5. The van der Waals surface area contributed by atoms with E-state index in [9.17, 15) is 9.59 Å². The minimum Gasteiger partial charge on any atom is -0.481 e. The Balaban J connectivity index is 1.74. The molecule has 1 aliphatic rings. The second-order valence-electron chi connectivity index (χ2n) is 6.30. The molecule has 6 nitrogen and oxygen atoms in total. The van der Waals surface area contributed by atoms with Gasteiger partial charge in [-0.05, 0) is 36.6 Å². The topological polar surface area (TPSA) is 84.2 Å². The van der Waals surface area contributed by atoms with Gasteiger partial charge >= 0.3 is 5.97 Å². The molecule has 0 radical (unpaired) electrons. The number of rotatable bonds is 6. The Kier molecular flexibility index (Phi) is 5.53. The molecule has 1 aliphatic carbocycles. The van der Waals surface area contributed by atoms with E-state index in [0.717, 1.165) is 22.9 Å². The van der Waals surface area contributed by atoms with Crippen molar-refractivity contribution in [1.82, 2.24) is 15.1 Å². The highest BCUT2D eigenvalue weighted by Gasteiger charge is 2.22. The standard InChI is InChI=1S/C18H20BrN3O3/c19-13-5-3-4-12(10-13)16(11-17(23)24)20-18(25)15-8-9-22(21-15)14-6-1-2-7-14/h3-5,8-10,14,16H,1-2,6-7,11H2,(H,20,25)(H,23,24)/t16-/m0/s1. The lowest BCUT2D eigenvalue weighted by molar-refractivity contribution is -0.137. The number of benzene rings is 1. The summed E-state index contributed by atoms with van der Waals surface area (Å²) in [5.74, 6) is -1.33. The van der Waals surface area contributed by atoms with Gasteiger partial charge in [-0.25, -0.2) is 0 Å². The van der Waals surface area contributed by atoms with Gasteiger partial charge in [0.2, 0.25) is 0 Å². The molecule has 1 aromatic heterocycles. The zero-order chi connectivity index (χ0) is 17.8. The largest absolute Gasteiger partial charge is 0.481 e. The molecule has 1 atom stereocenters. The number of carboxylic acid groups (broad SMARTS) is 1. The summed E-state index contributed by atoms with van der Waals surface area (Å²) in [5.41, 5.74) is 1.05. The van der Waals surface area contributed by atoms with E-state index in [0.29, 0.717) is 11.7 Å². The second kappa shape index (κ2) is 7.82. The van der Waals surface area contributed by atoms with Gasteiger partial charge in [0.25, 0.3) is 5.91 Å². The summed E-state index contributed by atoms with van der Waals surface area (Å²) < 4.78 is 2.69. The average molecular weight is 406 g/mol. The summed E-state index contributed by atoms with van der Waals surface area (Å²) in [4.78, 5) is 23.7. The van der Waals surface area contributed by atoms with Crippen LogP contribution in [-0.4, -0.2) is 26.8 Å². The first-order valence-corrected chi connectivity index (χ1v) is 9.15. The third-order valence-corrected chi connectivity index (χ3v) is 4.97. The maximum absolute atomic E-state index is 12.5. The van der Waals surface area contributed by atoms with Crippen LogP contribution in [0, 0.1) is 0 Å². The molecule has 2 aromatic rings. The number of halogens is 1. The molecular weight excluding hydrogens is 386 g/mol. The van der Waals surface area contributed by atoms with Gasteiger partial charge < -0.3 is 10.4 Å². The SMILES string of the molecule is O=C(O)C[C@H](NC(=O)c1ccn(C2CCCC2)n1)c1cccc(Br)c1. The quantitative estimate of drug-likeness (QED) is 0.766.